The number of hydrogen-bond acceptors (Lipinski definition) is 3. The van der Waals surface area contributed by atoms with Crippen LogP contribution < -0.4 is 10.6 Å². The molecule has 1 saturated heterocycles. The fraction of sp³-hybridized carbons (Fsp3) is 0.353. The Kier molecular flexibility index (Phi) is 3.58. The molecule has 0 radical (unpaired) electrons. The van der Waals surface area contributed by atoms with E-state index in [0.717, 1.165) is 29.3 Å². The Morgan fingerprint density at radius 3 is 2.70 bits per heavy atom. The second-order valence-corrected chi connectivity index (χ2v) is 5.37. The lowest BCUT2D eigenvalue weighted by Crippen LogP contribution is -2.44. The van der Waals surface area contributed by atoms with Crippen LogP contribution in [0, 0.1) is 11.3 Å². The molecule has 0 spiro atoms. The van der Waals surface area contributed by atoms with Crippen LogP contribution >= 0.6 is 0 Å². The summed E-state index contributed by atoms with van der Waals surface area (Å²) in [7, 11) is 0. The molecule has 0 aromatic heterocycles. The van der Waals surface area contributed by atoms with E-state index in [1.54, 1.807) is 0 Å². The first-order valence-corrected chi connectivity index (χ1v) is 7.23. The number of nitrogens with zero attached hydrogens (tertiary/aromatic N) is 2. The molecule has 1 aliphatic rings. The minimum atomic E-state index is 0.417. The van der Waals surface area contributed by atoms with Crippen LogP contribution in [0.4, 0.5) is 5.69 Å². The number of piperidine rings is 1. The van der Waals surface area contributed by atoms with Gasteiger partial charge in [0.25, 0.3) is 0 Å². The Labute approximate surface area is 119 Å². The zero-order valence-electron chi connectivity index (χ0n) is 11.5. The fourth-order valence-electron chi connectivity index (χ4n) is 3.19. The van der Waals surface area contributed by atoms with E-state index in [4.69, 9.17) is 5.73 Å². The van der Waals surface area contributed by atoms with Gasteiger partial charge in [0.15, 0.2) is 0 Å². The molecule has 1 atom stereocenters. The van der Waals surface area contributed by atoms with Gasteiger partial charge in [0, 0.05) is 35.6 Å². The van der Waals surface area contributed by atoms with Crippen LogP contribution in [-0.2, 0) is 0 Å². The first-order valence-electron chi connectivity index (χ1n) is 7.23. The van der Waals surface area contributed by atoms with Gasteiger partial charge in [0.2, 0.25) is 0 Å². The van der Waals surface area contributed by atoms with Gasteiger partial charge < -0.3 is 10.6 Å². The Balaban J connectivity index is 2.14. The summed E-state index contributed by atoms with van der Waals surface area (Å²) in [5.41, 5.74) is 7.90. The number of benzene rings is 2. The van der Waals surface area contributed by atoms with Gasteiger partial charge in [0.1, 0.15) is 0 Å². The molecule has 0 amide bonds. The summed E-state index contributed by atoms with van der Waals surface area (Å²) in [6.45, 7) is 1.74. The van der Waals surface area contributed by atoms with Crippen LogP contribution in [0.1, 0.15) is 24.8 Å². The van der Waals surface area contributed by atoms with Crippen molar-refractivity contribution in [3.63, 3.8) is 0 Å². The topological polar surface area (TPSA) is 53.0 Å². The number of fused-ring (bicyclic) bond motifs is 1. The lowest BCUT2D eigenvalue weighted by atomic mass is 9.97. The molecule has 3 heteroatoms. The highest BCUT2D eigenvalue weighted by Gasteiger charge is 2.23. The Hall–Kier alpha value is -2.05. The van der Waals surface area contributed by atoms with Gasteiger partial charge >= 0.3 is 0 Å². The molecule has 0 saturated carbocycles. The van der Waals surface area contributed by atoms with Crippen LogP contribution in [0.5, 0.6) is 0 Å². The monoisotopic (exact) mass is 265 g/mol. The van der Waals surface area contributed by atoms with Crippen LogP contribution in [0.2, 0.25) is 0 Å². The molecular formula is C17H19N3. The minimum absolute atomic E-state index is 0.417. The van der Waals surface area contributed by atoms with Crippen molar-refractivity contribution in [2.45, 2.75) is 25.3 Å². The standard InChI is InChI=1S/C17H19N3/c18-11-13-8-9-17(16-7-2-1-6-15(13)16)20-10-4-3-5-14(20)12-19/h1-2,6-9,14H,3-5,10,12,19H2. The van der Waals surface area contributed by atoms with Crippen LogP contribution in [-0.4, -0.2) is 19.1 Å². The minimum Gasteiger partial charge on any atom is -0.367 e. The molecule has 102 valence electrons. The van der Waals surface area contributed by atoms with Crippen molar-refractivity contribution in [2.75, 3.05) is 18.0 Å². The maximum atomic E-state index is 9.25. The van der Waals surface area contributed by atoms with E-state index in [1.165, 1.54) is 18.5 Å². The van der Waals surface area contributed by atoms with Crippen LogP contribution in [0.15, 0.2) is 36.4 Å². The summed E-state index contributed by atoms with van der Waals surface area (Å²) in [4.78, 5) is 2.42. The predicted octanol–water partition coefficient (Wildman–Crippen LogP) is 3.03. The van der Waals surface area contributed by atoms with Gasteiger partial charge in [-0.15, -0.1) is 0 Å². The first-order chi connectivity index (χ1) is 9.85. The van der Waals surface area contributed by atoms with E-state index in [-0.39, 0.29) is 0 Å². The molecule has 3 nitrogen and oxygen atoms in total. The Morgan fingerprint density at radius 1 is 1.15 bits per heavy atom. The molecule has 2 aromatic rings. The van der Waals surface area contributed by atoms with E-state index >= 15 is 0 Å². The number of nitriles is 1. The molecule has 20 heavy (non-hydrogen) atoms. The first kappa shape index (κ1) is 13.0. The zero-order chi connectivity index (χ0) is 13.9. The van der Waals surface area contributed by atoms with Crippen molar-refractivity contribution in [1.82, 2.24) is 0 Å². The number of rotatable bonds is 2. The molecule has 0 aliphatic carbocycles. The highest BCUT2D eigenvalue weighted by atomic mass is 15.2. The quantitative estimate of drug-likeness (QED) is 0.908. The SMILES string of the molecule is N#Cc1ccc(N2CCCCC2CN)c2ccccc12. The van der Waals surface area contributed by atoms with Gasteiger partial charge in [-0.3, -0.25) is 0 Å². The Bertz CT molecular complexity index is 657. The van der Waals surface area contributed by atoms with Crippen molar-refractivity contribution >= 4 is 16.5 Å². The smallest absolute Gasteiger partial charge is 0.0998 e. The number of hydrogen-bond donors (Lipinski definition) is 1. The molecule has 0 bridgehead atoms. The van der Waals surface area contributed by atoms with Crippen molar-refractivity contribution < 1.29 is 0 Å². The third-order valence-electron chi connectivity index (χ3n) is 4.23. The average molecular weight is 265 g/mol. The number of nitrogens with two attached hydrogens (primary N) is 1. The van der Waals surface area contributed by atoms with Gasteiger partial charge in [-0.1, -0.05) is 24.3 Å². The van der Waals surface area contributed by atoms with Crippen LogP contribution in [0.3, 0.4) is 0 Å². The summed E-state index contributed by atoms with van der Waals surface area (Å²) in [5.74, 6) is 0. The largest absolute Gasteiger partial charge is 0.367 e. The second-order valence-electron chi connectivity index (χ2n) is 5.37. The summed E-state index contributed by atoms with van der Waals surface area (Å²) in [5, 5.41) is 11.4. The van der Waals surface area contributed by atoms with Crippen LogP contribution in [0.25, 0.3) is 10.8 Å². The summed E-state index contributed by atoms with van der Waals surface area (Å²) in [6.07, 6.45) is 3.63. The Morgan fingerprint density at radius 2 is 1.95 bits per heavy atom. The molecule has 1 fully saturated rings. The van der Waals surface area contributed by atoms with Crippen molar-refractivity contribution in [3.05, 3.63) is 42.0 Å². The fourth-order valence-corrected chi connectivity index (χ4v) is 3.19. The van der Waals surface area contributed by atoms with E-state index in [9.17, 15) is 5.26 Å². The molecule has 1 aliphatic heterocycles. The number of anilines is 1. The highest BCUT2D eigenvalue weighted by Crippen LogP contribution is 2.33. The maximum absolute atomic E-state index is 9.25. The van der Waals surface area contributed by atoms with Gasteiger partial charge in [0.05, 0.1) is 11.6 Å². The van der Waals surface area contributed by atoms with Crippen molar-refractivity contribution in [2.24, 2.45) is 5.73 Å². The third-order valence-corrected chi connectivity index (χ3v) is 4.23. The van der Waals surface area contributed by atoms with Gasteiger partial charge in [-0.05, 0) is 31.4 Å². The molecule has 3 rings (SSSR count). The molecule has 2 N–H and O–H groups in total. The van der Waals surface area contributed by atoms with Gasteiger partial charge in [-0.25, -0.2) is 0 Å². The maximum Gasteiger partial charge on any atom is 0.0998 e. The zero-order valence-corrected chi connectivity index (χ0v) is 11.5. The van der Waals surface area contributed by atoms with E-state index < -0.39 is 0 Å². The van der Waals surface area contributed by atoms with E-state index in [1.807, 2.05) is 24.3 Å². The molecule has 1 unspecified atom stereocenters. The average Bonchev–Trinajstić information content (AvgIpc) is 2.53. The highest BCUT2D eigenvalue weighted by molar-refractivity contribution is 5.98. The molecule has 2 aromatic carbocycles. The second kappa shape index (κ2) is 5.52. The normalized spacial score (nSPS) is 19.0. The predicted molar refractivity (Wildman–Crippen MR) is 82.7 cm³/mol. The summed E-state index contributed by atoms with van der Waals surface area (Å²) in [6, 6.07) is 14.9. The summed E-state index contributed by atoms with van der Waals surface area (Å²) < 4.78 is 0. The summed E-state index contributed by atoms with van der Waals surface area (Å²) >= 11 is 0. The van der Waals surface area contributed by atoms with E-state index in [2.05, 4.69) is 23.1 Å². The van der Waals surface area contributed by atoms with E-state index in [0.29, 0.717) is 12.6 Å². The van der Waals surface area contributed by atoms with Crippen molar-refractivity contribution in [1.29, 1.82) is 5.26 Å². The van der Waals surface area contributed by atoms with Gasteiger partial charge in [-0.2, -0.15) is 5.26 Å². The third kappa shape index (κ3) is 2.13. The lowest BCUT2D eigenvalue weighted by Gasteiger charge is -2.37. The molecular weight excluding hydrogens is 246 g/mol. The van der Waals surface area contributed by atoms with Crippen molar-refractivity contribution in [3.8, 4) is 6.07 Å². The molecule has 1 heterocycles. The lowest BCUT2D eigenvalue weighted by molar-refractivity contribution is 0.466.